The molecule has 1 aliphatic heterocycles. The summed E-state index contributed by atoms with van der Waals surface area (Å²) in [5.41, 5.74) is 0.888. The molecule has 1 aliphatic rings. The minimum absolute atomic E-state index is 0.179. The molecule has 0 spiro atoms. The van der Waals surface area contributed by atoms with E-state index in [1.165, 1.54) is 5.56 Å². The number of rotatable bonds is 5. The van der Waals surface area contributed by atoms with E-state index < -0.39 is 5.60 Å². The van der Waals surface area contributed by atoms with E-state index in [0.29, 0.717) is 18.7 Å². The molecule has 0 bridgehead atoms. The Balaban J connectivity index is 1.62. The fourth-order valence-corrected chi connectivity index (χ4v) is 3.85. The van der Waals surface area contributed by atoms with Crippen molar-refractivity contribution in [2.24, 2.45) is 0 Å². The van der Waals surface area contributed by atoms with Crippen LogP contribution in [-0.2, 0) is 11.3 Å². The summed E-state index contributed by atoms with van der Waals surface area (Å²) in [6.07, 6.45) is 4.22. The molecule has 2 unspecified atom stereocenters. The molecule has 2 atom stereocenters. The van der Waals surface area contributed by atoms with Gasteiger partial charge in [-0.1, -0.05) is 30.3 Å². The minimum Gasteiger partial charge on any atom is -0.379 e. The lowest BCUT2D eigenvalue weighted by atomic mass is 10.0. The first-order chi connectivity index (χ1) is 11.1. The Morgan fingerprint density at radius 2 is 2.26 bits per heavy atom. The molecule has 1 amide bonds. The lowest BCUT2D eigenvalue weighted by Gasteiger charge is -2.22. The lowest BCUT2D eigenvalue weighted by molar-refractivity contribution is -0.137. The molecule has 6 heteroatoms. The molecule has 1 fully saturated rings. The van der Waals surface area contributed by atoms with Crippen LogP contribution >= 0.6 is 11.8 Å². The number of carbonyl (C=O) groups excluding carboxylic acids is 1. The number of nitrogens with zero attached hydrogens (tertiary/aromatic N) is 2. The fourth-order valence-electron chi connectivity index (χ4n) is 2.61. The zero-order valence-electron chi connectivity index (χ0n) is 13.1. The van der Waals surface area contributed by atoms with Crippen LogP contribution in [0.1, 0.15) is 30.5 Å². The standard InChI is InChI=1S/C17H21N3O2S/c1-13(19-16(21)17(22)7-8-23-12-17)15-9-18-20(11-15)10-14-5-3-2-4-6-14/h2-6,9,11,13,22H,7-8,10,12H2,1H3,(H,19,21). The van der Waals surface area contributed by atoms with Gasteiger partial charge in [0.1, 0.15) is 0 Å². The monoisotopic (exact) mass is 331 g/mol. The van der Waals surface area contributed by atoms with Gasteiger partial charge in [0.05, 0.1) is 18.8 Å². The average Bonchev–Trinajstić information content (AvgIpc) is 3.18. The van der Waals surface area contributed by atoms with Gasteiger partial charge in [0.15, 0.2) is 5.60 Å². The van der Waals surface area contributed by atoms with Crippen molar-refractivity contribution >= 4 is 17.7 Å². The molecule has 1 aromatic carbocycles. The van der Waals surface area contributed by atoms with Crippen LogP contribution in [0.15, 0.2) is 42.7 Å². The summed E-state index contributed by atoms with van der Waals surface area (Å²) < 4.78 is 1.85. The average molecular weight is 331 g/mol. The van der Waals surface area contributed by atoms with E-state index >= 15 is 0 Å². The van der Waals surface area contributed by atoms with E-state index in [-0.39, 0.29) is 11.9 Å². The van der Waals surface area contributed by atoms with Crippen molar-refractivity contribution < 1.29 is 9.90 Å². The third kappa shape index (κ3) is 3.76. The minimum atomic E-state index is -1.22. The number of thioether (sulfide) groups is 1. The van der Waals surface area contributed by atoms with Crippen LogP contribution in [0.2, 0.25) is 0 Å². The van der Waals surface area contributed by atoms with E-state index in [2.05, 4.69) is 22.5 Å². The second-order valence-corrected chi connectivity index (χ2v) is 7.09. The quantitative estimate of drug-likeness (QED) is 0.879. The Morgan fingerprint density at radius 3 is 2.96 bits per heavy atom. The maximum absolute atomic E-state index is 12.2. The first-order valence-corrected chi connectivity index (χ1v) is 8.90. The van der Waals surface area contributed by atoms with Gasteiger partial charge in [-0.05, 0) is 24.7 Å². The van der Waals surface area contributed by atoms with Crippen molar-refractivity contribution in [1.29, 1.82) is 0 Å². The van der Waals surface area contributed by atoms with Gasteiger partial charge >= 0.3 is 0 Å². The molecule has 0 saturated carbocycles. The van der Waals surface area contributed by atoms with Gasteiger partial charge in [-0.2, -0.15) is 16.9 Å². The van der Waals surface area contributed by atoms with Crippen LogP contribution in [0.3, 0.4) is 0 Å². The first kappa shape index (κ1) is 16.1. The van der Waals surface area contributed by atoms with Crippen molar-refractivity contribution in [1.82, 2.24) is 15.1 Å². The van der Waals surface area contributed by atoms with Crippen LogP contribution in [-0.4, -0.2) is 37.9 Å². The van der Waals surface area contributed by atoms with Crippen molar-refractivity contribution in [3.05, 3.63) is 53.9 Å². The van der Waals surface area contributed by atoms with Crippen molar-refractivity contribution in [2.75, 3.05) is 11.5 Å². The molecule has 3 rings (SSSR count). The zero-order chi connectivity index (χ0) is 16.3. The highest BCUT2D eigenvalue weighted by atomic mass is 32.2. The molecular weight excluding hydrogens is 310 g/mol. The lowest BCUT2D eigenvalue weighted by Crippen LogP contribution is -2.47. The molecule has 0 radical (unpaired) electrons. The van der Waals surface area contributed by atoms with Crippen LogP contribution in [0.5, 0.6) is 0 Å². The Morgan fingerprint density at radius 1 is 1.48 bits per heavy atom. The normalized spacial score (nSPS) is 22.0. The van der Waals surface area contributed by atoms with E-state index in [9.17, 15) is 9.90 Å². The van der Waals surface area contributed by atoms with E-state index in [1.54, 1.807) is 18.0 Å². The van der Waals surface area contributed by atoms with Crippen LogP contribution in [0.25, 0.3) is 0 Å². The number of aliphatic hydroxyl groups is 1. The summed E-state index contributed by atoms with van der Waals surface area (Å²) in [4.78, 5) is 12.2. The van der Waals surface area contributed by atoms with Gasteiger partial charge < -0.3 is 10.4 Å². The topological polar surface area (TPSA) is 67.2 Å². The van der Waals surface area contributed by atoms with Crippen molar-refractivity contribution in [2.45, 2.75) is 31.5 Å². The Labute approximate surface area is 140 Å². The molecule has 1 saturated heterocycles. The van der Waals surface area contributed by atoms with Crippen molar-refractivity contribution in [3.63, 3.8) is 0 Å². The number of carbonyl (C=O) groups is 1. The SMILES string of the molecule is CC(NC(=O)C1(O)CCSC1)c1cnn(Cc2ccccc2)c1. The fraction of sp³-hybridized carbons (Fsp3) is 0.412. The summed E-state index contributed by atoms with van der Waals surface area (Å²) in [6.45, 7) is 2.61. The van der Waals surface area contributed by atoms with Gasteiger partial charge in [-0.25, -0.2) is 0 Å². The number of nitrogens with one attached hydrogen (secondary N) is 1. The second-order valence-electron chi connectivity index (χ2n) is 5.99. The van der Waals surface area contributed by atoms with E-state index in [0.717, 1.165) is 11.3 Å². The van der Waals surface area contributed by atoms with Crippen molar-refractivity contribution in [3.8, 4) is 0 Å². The molecule has 1 aromatic heterocycles. The summed E-state index contributed by atoms with van der Waals surface area (Å²) in [7, 11) is 0. The van der Waals surface area contributed by atoms with Crippen LogP contribution in [0, 0.1) is 0 Å². The maximum atomic E-state index is 12.2. The molecular formula is C17H21N3O2S. The van der Waals surface area contributed by atoms with E-state index in [1.807, 2.05) is 36.0 Å². The molecule has 23 heavy (non-hydrogen) atoms. The third-order valence-electron chi connectivity index (χ3n) is 4.11. The van der Waals surface area contributed by atoms with Crippen LogP contribution < -0.4 is 5.32 Å². The van der Waals surface area contributed by atoms with Gasteiger partial charge in [0, 0.05) is 17.5 Å². The number of amides is 1. The number of hydrogen-bond donors (Lipinski definition) is 2. The Bertz CT molecular complexity index is 665. The predicted octanol–water partition coefficient (Wildman–Crippen LogP) is 1.98. The molecule has 2 N–H and O–H groups in total. The molecule has 2 aromatic rings. The largest absolute Gasteiger partial charge is 0.379 e. The smallest absolute Gasteiger partial charge is 0.253 e. The summed E-state index contributed by atoms with van der Waals surface area (Å²) in [6, 6.07) is 9.93. The van der Waals surface area contributed by atoms with Gasteiger partial charge in [-0.15, -0.1) is 0 Å². The zero-order valence-corrected chi connectivity index (χ0v) is 13.9. The van der Waals surface area contributed by atoms with Gasteiger partial charge in [-0.3, -0.25) is 9.48 Å². The Hall–Kier alpha value is -1.79. The number of benzene rings is 1. The van der Waals surface area contributed by atoms with Crippen LogP contribution in [0.4, 0.5) is 0 Å². The highest BCUT2D eigenvalue weighted by Crippen LogP contribution is 2.28. The third-order valence-corrected chi connectivity index (χ3v) is 5.29. The molecule has 5 nitrogen and oxygen atoms in total. The highest BCUT2D eigenvalue weighted by molar-refractivity contribution is 7.99. The van der Waals surface area contributed by atoms with Gasteiger partial charge in [0.25, 0.3) is 5.91 Å². The molecule has 122 valence electrons. The number of aromatic nitrogens is 2. The van der Waals surface area contributed by atoms with Gasteiger partial charge in [0.2, 0.25) is 0 Å². The summed E-state index contributed by atoms with van der Waals surface area (Å²) in [5.74, 6) is 1.01. The number of hydrogen-bond acceptors (Lipinski definition) is 4. The van der Waals surface area contributed by atoms with E-state index in [4.69, 9.17) is 0 Å². The first-order valence-electron chi connectivity index (χ1n) is 7.74. The molecule has 2 heterocycles. The summed E-state index contributed by atoms with van der Waals surface area (Å²) in [5, 5.41) is 17.6. The highest BCUT2D eigenvalue weighted by Gasteiger charge is 2.39. The Kier molecular flexibility index (Phi) is 4.73. The summed E-state index contributed by atoms with van der Waals surface area (Å²) >= 11 is 1.61. The predicted molar refractivity (Wildman–Crippen MR) is 91.2 cm³/mol. The second kappa shape index (κ2) is 6.76. The molecule has 0 aliphatic carbocycles. The maximum Gasteiger partial charge on any atom is 0.253 e.